The second kappa shape index (κ2) is 8.57. The Hall–Kier alpha value is -2.34. The number of carbonyl (C=O) groups excluding carboxylic acids is 1. The first-order chi connectivity index (χ1) is 13.7. The van der Waals surface area contributed by atoms with Gasteiger partial charge in [-0.15, -0.1) is 0 Å². The van der Waals surface area contributed by atoms with E-state index in [4.69, 9.17) is 0 Å². The van der Waals surface area contributed by atoms with Crippen molar-refractivity contribution >= 4 is 21.6 Å². The van der Waals surface area contributed by atoms with Crippen molar-refractivity contribution in [1.82, 2.24) is 5.32 Å². The lowest BCUT2D eigenvalue weighted by Crippen LogP contribution is -2.43. The predicted octanol–water partition coefficient (Wildman–Crippen LogP) is 4.66. The summed E-state index contributed by atoms with van der Waals surface area (Å²) in [5, 5.41) is 3.14. The summed E-state index contributed by atoms with van der Waals surface area (Å²) in [5.41, 5.74) is 2.54. The van der Waals surface area contributed by atoms with Crippen molar-refractivity contribution in [3.8, 4) is 0 Å². The van der Waals surface area contributed by atoms with Crippen LogP contribution in [0.5, 0.6) is 0 Å². The SMILES string of the molecule is Cc1ccc(C)c(S(=O)(=O)Nc2ccc(C(=O)N[C@H]3CCC[C@H](C)[C@@H]3C)cc2)c1. The van der Waals surface area contributed by atoms with Crippen LogP contribution < -0.4 is 10.0 Å². The van der Waals surface area contributed by atoms with E-state index in [-0.39, 0.29) is 16.8 Å². The minimum absolute atomic E-state index is 0.111. The number of rotatable bonds is 5. The van der Waals surface area contributed by atoms with Gasteiger partial charge in [-0.05, 0) is 73.6 Å². The Morgan fingerprint density at radius 3 is 2.38 bits per heavy atom. The predicted molar refractivity (Wildman–Crippen MR) is 117 cm³/mol. The van der Waals surface area contributed by atoms with Gasteiger partial charge in [0.2, 0.25) is 0 Å². The molecule has 0 saturated heterocycles. The van der Waals surface area contributed by atoms with E-state index in [9.17, 15) is 13.2 Å². The highest BCUT2D eigenvalue weighted by Crippen LogP contribution is 2.29. The molecule has 5 nitrogen and oxygen atoms in total. The van der Waals surface area contributed by atoms with Gasteiger partial charge in [0.05, 0.1) is 4.90 Å². The number of amides is 1. The number of benzene rings is 2. The molecular weight excluding hydrogens is 384 g/mol. The minimum Gasteiger partial charge on any atom is -0.349 e. The van der Waals surface area contributed by atoms with E-state index in [1.165, 1.54) is 6.42 Å². The molecule has 1 fully saturated rings. The maximum atomic E-state index is 12.7. The van der Waals surface area contributed by atoms with Crippen LogP contribution in [0.3, 0.4) is 0 Å². The van der Waals surface area contributed by atoms with Crippen molar-refractivity contribution < 1.29 is 13.2 Å². The van der Waals surface area contributed by atoms with E-state index in [0.717, 1.165) is 18.4 Å². The van der Waals surface area contributed by atoms with Gasteiger partial charge in [0.1, 0.15) is 0 Å². The first kappa shape index (κ1) is 21.4. The van der Waals surface area contributed by atoms with Gasteiger partial charge < -0.3 is 5.32 Å². The van der Waals surface area contributed by atoms with Crippen molar-refractivity contribution in [2.45, 2.75) is 57.9 Å². The average Bonchev–Trinajstić information content (AvgIpc) is 2.67. The fourth-order valence-corrected chi connectivity index (χ4v) is 5.32. The summed E-state index contributed by atoms with van der Waals surface area (Å²) in [5.74, 6) is 0.951. The molecule has 2 aromatic rings. The van der Waals surface area contributed by atoms with Gasteiger partial charge in [-0.1, -0.05) is 38.8 Å². The largest absolute Gasteiger partial charge is 0.349 e. The zero-order valence-corrected chi connectivity index (χ0v) is 18.3. The number of anilines is 1. The van der Waals surface area contributed by atoms with Gasteiger partial charge in [-0.2, -0.15) is 0 Å². The highest BCUT2D eigenvalue weighted by Gasteiger charge is 2.28. The van der Waals surface area contributed by atoms with Crippen LogP contribution in [0.25, 0.3) is 0 Å². The van der Waals surface area contributed by atoms with Gasteiger partial charge >= 0.3 is 0 Å². The molecule has 0 spiro atoms. The van der Waals surface area contributed by atoms with Crippen molar-refractivity contribution in [1.29, 1.82) is 0 Å². The van der Waals surface area contributed by atoms with Crippen LogP contribution in [0.2, 0.25) is 0 Å². The van der Waals surface area contributed by atoms with E-state index in [1.54, 1.807) is 43.3 Å². The van der Waals surface area contributed by atoms with Gasteiger partial charge in [0, 0.05) is 17.3 Å². The third kappa shape index (κ3) is 4.99. The molecule has 1 aliphatic rings. The molecule has 6 heteroatoms. The standard InChI is InChI=1S/C23H30N2O3S/c1-15-8-9-17(3)22(14-15)29(27,28)25-20-12-10-19(11-13-20)23(26)24-21-7-5-6-16(2)18(21)4/h8-14,16,18,21,25H,5-7H2,1-4H3,(H,24,26)/t16-,18-,21-/m0/s1. The Morgan fingerprint density at radius 2 is 1.69 bits per heavy atom. The normalized spacial score (nSPS) is 22.1. The van der Waals surface area contributed by atoms with E-state index in [1.807, 2.05) is 13.0 Å². The molecular formula is C23H30N2O3S. The number of nitrogens with one attached hydrogen (secondary N) is 2. The van der Waals surface area contributed by atoms with Crippen molar-refractivity contribution in [2.24, 2.45) is 11.8 Å². The second-order valence-electron chi connectivity index (χ2n) is 8.30. The Kier molecular flexibility index (Phi) is 6.32. The minimum atomic E-state index is -3.69. The number of aryl methyl sites for hydroxylation is 2. The number of carbonyl (C=O) groups is 1. The molecule has 0 unspecified atom stereocenters. The summed E-state index contributed by atoms with van der Waals surface area (Å²) in [6, 6.07) is 12.1. The second-order valence-corrected chi connectivity index (χ2v) is 9.95. The summed E-state index contributed by atoms with van der Waals surface area (Å²) in [4.78, 5) is 12.9. The molecule has 1 saturated carbocycles. The lowest BCUT2D eigenvalue weighted by molar-refractivity contribution is 0.0891. The molecule has 0 radical (unpaired) electrons. The van der Waals surface area contributed by atoms with Crippen LogP contribution in [0, 0.1) is 25.7 Å². The fraction of sp³-hybridized carbons (Fsp3) is 0.435. The van der Waals surface area contributed by atoms with Crippen LogP contribution in [0.15, 0.2) is 47.4 Å². The van der Waals surface area contributed by atoms with Crippen molar-refractivity contribution in [2.75, 3.05) is 4.72 Å². The van der Waals surface area contributed by atoms with Crippen molar-refractivity contribution in [3.05, 3.63) is 59.2 Å². The van der Waals surface area contributed by atoms with Gasteiger partial charge in [0.25, 0.3) is 15.9 Å². The zero-order chi connectivity index (χ0) is 21.2. The van der Waals surface area contributed by atoms with Crippen LogP contribution in [0.1, 0.15) is 54.6 Å². The molecule has 2 aromatic carbocycles. The maximum Gasteiger partial charge on any atom is 0.262 e. The molecule has 29 heavy (non-hydrogen) atoms. The fourth-order valence-electron chi connectivity index (χ4n) is 3.93. The third-order valence-electron chi connectivity index (χ3n) is 6.06. The Morgan fingerprint density at radius 1 is 1.00 bits per heavy atom. The van der Waals surface area contributed by atoms with E-state index < -0.39 is 10.0 Å². The Balaban J connectivity index is 1.70. The third-order valence-corrected chi connectivity index (χ3v) is 7.58. The zero-order valence-electron chi connectivity index (χ0n) is 17.5. The van der Waals surface area contributed by atoms with Gasteiger partial charge in [-0.25, -0.2) is 8.42 Å². The first-order valence-corrected chi connectivity index (χ1v) is 11.7. The number of hydrogen-bond donors (Lipinski definition) is 2. The van der Waals surface area contributed by atoms with E-state index >= 15 is 0 Å². The smallest absolute Gasteiger partial charge is 0.262 e. The van der Waals surface area contributed by atoms with E-state index in [2.05, 4.69) is 23.9 Å². The highest BCUT2D eigenvalue weighted by atomic mass is 32.2. The molecule has 0 bridgehead atoms. The Bertz CT molecular complexity index is 984. The summed E-state index contributed by atoms with van der Waals surface area (Å²) >= 11 is 0. The molecule has 0 aliphatic heterocycles. The maximum absolute atomic E-state index is 12.7. The monoisotopic (exact) mass is 414 g/mol. The molecule has 1 aliphatic carbocycles. The lowest BCUT2D eigenvalue weighted by atomic mass is 9.78. The number of hydrogen-bond acceptors (Lipinski definition) is 3. The summed E-state index contributed by atoms with van der Waals surface area (Å²) < 4.78 is 28.1. The Labute approximate surface area is 174 Å². The topological polar surface area (TPSA) is 75.3 Å². The van der Waals surface area contributed by atoms with Crippen LogP contribution >= 0.6 is 0 Å². The van der Waals surface area contributed by atoms with Crippen LogP contribution in [-0.4, -0.2) is 20.4 Å². The molecule has 3 rings (SSSR count). The summed E-state index contributed by atoms with van der Waals surface area (Å²) in [6.45, 7) is 8.06. The summed E-state index contributed by atoms with van der Waals surface area (Å²) in [7, 11) is -3.69. The van der Waals surface area contributed by atoms with E-state index in [0.29, 0.717) is 28.7 Å². The van der Waals surface area contributed by atoms with Crippen LogP contribution in [0.4, 0.5) is 5.69 Å². The number of sulfonamides is 1. The van der Waals surface area contributed by atoms with Gasteiger partial charge in [-0.3, -0.25) is 9.52 Å². The summed E-state index contributed by atoms with van der Waals surface area (Å²) in [6.07, 6.45) is 3.35. The average molecular weight is 415 g/mol. The molecule has 0 aromatic heterocycles. The highest BCUT2D eigenvalue weighted by molar-refractivity contribution is 7.92. The lowest BCUT2D eigenvalue weighted by Gasteiger charge is -2.34. The first-order valence-electron chi connectivity index (χ1n) is 10.2. The van der Waals surface area contributed by atoms with Crippen molar-refractivity contribution in [3.63, 3.8) is 0 Å². The molecule has 1 amide bonds. The molecule has 156 valence electrons. The quantitative estimate of drug-likeness (QED) is 0.747. The molecule has 2 N–H and O–H groups in total. The van der Waals surface area contributed by atoms with Gasteiger partial charge in [0.15, 0.2) is 0 Å². The molecule has 0 heterocycles. The van der Waals surface area contributed by atoms with Crippen LogP contribution in [-0.2, 0) is 10.0 Å². The molecule has 3 atom stereocenters.